The van der Waals surface area contributed by atoms with E-state index in [1.54, 1.807) is 0 Å². The molecule has 0 aromatic carbocycles. The van der Waals surface area contributed by atoms with Gasteiger partial charge in [-0.2, -0.15) is 0 Å². The van der Waals surface area contributed by atoms with Crippen LogP contribution in [0.1, 0.15) is 39.0 Å². The van der Waals surface area contributed by atoms with Gasteiger partial charge in [-0.1, -0.05) is 13.3 Å². The number of aliphatic hydroxyl groups is 1. The van der Waals surface area contributed by atoms with E-state index in [9.17, 15) is 9.90 Å². The van der Waals surface area contributed by atoms with Crippen molar-refractivity contribution in [1.29, 1.82) is 0 Å². The molecule has 2 fully saturated rings. The minimum atomic E-state index is -0.0316. The summed E-state index contributed by atoms with van der Waals surface area (Å²) in [5, 5.41) is 9.29. The number of carbonyl (C=O) groups excluding carboxylic acids is 1. The molecule has 1 aliphatic carbocycles. The van der Waals surface area contributed by atoms with E-state index in [1.807, 2.05) is 4.90 Å². The molecule has 4 nitrogen and oxygen atoms in total. The van der Waals surface area contributed by atoms with E-state index < -0.39 is 0 Å². The van der Waals surface area contributed by atoms with Gasteiger partial charge in [-0.05, 0) is 31.6 Å². The highest BCUT2D eigenvalue weighted by atomic mass is 16.3. The standard InChI is InChI=1S/C13H24N2O2/c1-9-4-2-6-11(14)12(9)13(17)15-7-3-5-10(15)8-16/h9-12,16H,2-8,14H2,1H3. The largest absolute Gasteiger partial charge is 0.394 e. The van der Waals surface area contributed by atoms with Crippen LogP contribution in [-0.2, 0) is 4.79 Å². The van der Waals surface area contributed by atoms with Gasteiger partial charge in [-0.25, -0.2) is 0 Å². The average molecular weight is 240 g/mol. The van der Waals surface area contributed by atoms with Crippen molar-refractivity contribution in [3.05, 3.63) is 0 Å². The molecular formula is C13H24N2O2. The number of amides is 1. The molecule has 1 amide bonds. The maximum absolute atomic E-state index is 12.5. The molecule has 0 aromatic rings. The van der Waals surface area contributed by atoms with E-state index in [1.165, 1.54) is 0 Å². The molecule has 0 spiro atoms. The predicted molar refractivity (Wildman–Crippen MR) is 66.3 cm³/mol. The molecule has 1 aliphatic heterocycles. The highest BCUT2D eigenvalue weighted by molar-refractivity contribution is 5.80. The Morgan fingerprint density at radius 1 is 1.35 bits per heavy atom. The Morgan fingerprint density at radius 2 is 2.12 bits per heavy atom. The minimum absolute atomic E-state index is 0.00573. The normalized spacial score (nSPS) is 38.4. The molecule has 0 bridgehead atoms. The number of nitrogens with two attached hydrogens (primary N) is 1. The van der Waals surface area contributed by atoms with E-state index >= 15 is 0 Å². The maximum Gasteiger partial charge on any atom is 0.227 e. The van der Waals surface area contributed by atoms with Gasteiger partial charge in [0, 0.05) is 12.6 Å². The quantitative estimate of drug-likeness (QED) is 0.748. The van der Waals surface area contributed by atoms with Gasteiger partial charge in [0.05, 0.1) is 18.6 Å². The molecule has 1 saturated carbocycles. The Kier molecular flexibility index (Phi) is 4.05. The average Bonchev–Trinajstić information content (AvgIpc) is 2.76. The summed E-state index contributed by atoms with van der Waals surface area (Å²) in [6, 6.07) is 0.0371. The number of hydrogen-bond donors (Lipinski definition) is 2. The Balaban J connectivity index is 2.07. The number of carbonyl (C=O) groups is 1. The summed E-state index contributed by atoms with van der Waals surface area (Å²) in [4.78, 5) is 14.4. The third-order valence-electron chi connectivity index (χ3n) is 4.43. The summed E-state index contributed by atoms with van der Waals surface area (Å²) in [6.07, 6.45) is 5.13. The third-order valence-corrected chi connectivity index (χ3v) is 4.43. The van der Waals surface area contributed by atoms with Crippen molar-refractivity contribution < 1.29 is 9.90 Å². The first kappa shape index (κ1) is 12.8. The number of aliphatic hydroxyl groups excluding tert-OH is 1. The van der Waals surface area contributed by atoms with Crippen molar-refractivity contribution in [1.82, 2.24) is 4.90 Å². The van der Waals surface area contributed by atoms with Crippen LogP contribution in [0.4, 0.5) is 0 Å². The Bertz CT molecular complexity index is 273. The second-order valence-corrected chi connectivity index (χ2v) is 5.61. The summed E-state index contributed by atoms with van der Waals surface area (Å²) in [5.41, 5.74) is 6.11. The smallest absolute Gasteiger partial charge is 0.227 e. The molecule has 3 N–H and O–H groups in total. The molecule has 4 atom stereocenters. The molecule has 0 aromatic heterocycles. The van der Waals surface area contributed by atoms with Gasteiger partial charge in [0.2, 0.25) is 5.91 Å². The summed E-state index contributed by atoms with van der Waals surface area (Å²) < 4.78 is 0. The van der Waals surface area contributed by atoms with Crippen molar-refractivity contribution in [3.63, 3.8) is 0 Å². The first-order chi connectivity index (χ1) is 8.15. The lowest BCUT2D eigenvalue weighted by Gasteiger charge is -2.37. The van der Waals surface area contributed by atoms with Gasteiger partial charge in [0.25, 0.3) is 0 Å². The Hall–Kier alpha value is -0.610. The van der Waals surface area contributed by atoms with Crippen LogP contribution >= 0.6 is 0 Å². The molecule has 2 rings (SSSR count). The maximum atomic E-state index is 12.5. The molecule has 4 heteroatoms. The monoisotopic (exact) mass is 240 g/mol. The van der Waals surface area contributed by atoms with Crippen LogP contribution in [0.15, 0.2) is 0 Å². The zero-order valence-electron chi connectivity index (χ0n) is 10.6. The first-order valence-corrected chi connectivity index (χ1v) is 6.82. The SMILES string of the molecule is CC1CCCC(N)C1C(=O)N1CCCC1CO. The van der Waals surface area contributed by atoms with Crippen LogP contribution in [0.5, 0.6) is 0 Å². The second kappa shape index (κ2) is 5.36. The summed E-state index contributed by atoms with van der Waals surface area (Å²) >= 11 is 0. The van der Waals surface area contributed by atoms with Gasteiger partial charge < -0.3 is 15.7 Å². The van der Waals surface area contributed by atoms with Crippen LogP contribution in [0.2, 0.25) is 0 Å². The molecule has 2 aliphatic rings. The van der Waals surface area contributed by atoms with Gasteiger partial charge >= 0.3 is 0 Å². The van der Waals surface area contributed by atoms with Crippen molar-refractivity contribution in [2.45, 2.75) is 51.1 Å². The lowest BCUT2D eigenvalue weighted by atomic mass is 9.76. The fraction of sp³-hybridized carbons (Fsp3) is 0.923. The lowest BCUT2D eigenvalue weighted by Crippen LogP contribution is -2.50. The van der Waals surface area contributed by atoms with E-state index in [-0.39, 0.29) is 30.5 Å². The van der Waals surface area contributed by atoms with Gasteiger partial charge in [-0.15, -0.1) is 0 Å². The number of likely N-dealkylation sites (tertiary alicyclic amines) is 1. The first-order valence-electron chi connectivity index (χ1n) is 6.82. The summed E-state index contributed by atoms with van der Waals surface area (Å²) in [7, 11) is 0. The lowest BCUT2D eigenvalue weighted by molar-refractivity contribution is -0.140. The Labute approximate surface area is 103 Å². The van der Waals surface area contributed by atoms with E-state index in [4.69, 9.17) is 5.73 Å². The van der Waals surface area contributed by atoms with Crippen molar-refractivity contribution in [2.75, 3.05) is 13.2 Å². The molecule has 1 saturated heterocycles. The van der Waals surface area contributed by atoms with Crippen LogP contribution < -0.4 is 5.73 Å². The number of nitrogens with zero attached hydrogens (tertiary/aromatic N) is 1. The van der Waals surface area contributed by atoms with Crippen LogP contribution in [0.3, 0.4) is 0 Å². The van der Waals surface area contributed by atoms with Crippen molar-refractivity contribution in [3.8, 4) is 0 Å². The van der Waals surface area contributed by atoms with Crippen LogP contribution in [0, 0.1) is 11.8 Å². The molecule has 17 heavy (non-hydrogen) atoms. The number of hydrogen-bond acceptors (Lipinski definition) is 3. The van der Waals surface area contributed by atoms with Crippen LogP contribution in [-0.4, -0.2) is 41.1 Å². The highest BCUT2D eigenvalue weighted by Gasteiger charge is 2.39. The number of rotatable bonds is 2. The molecule has 0 radical (unpaired) electrons. The fourth-order valence-electron chi connectivity index (χ4n) is 3.39. The predicted octanol–water partition coefficient (Wildman–Crippen LogP) is 0.733. The zero-order chi connectivity index (χ0) is 12.4. The molecule has 98 valence electrons. The molecule has 4 unspecified atom stereocenters. The zero-order valence-corrected chi connectivity index (χ0v) is 10.6. The van der Waals surface area contributed by atoms with E-state index in [0.717, 1.165) is 38.6 Å². The van der Waals surface area contributed by atoms with Crippen molar-refractivity contribution >= 4 is 5.91 Å². The topological polar surface area (TPSA) is 66.6 Å². The molecular weight excluding hydrogens is 216 g/mol. The Morgan fingerprint density at radius 3 is 2.76 bits per heavy atom. The second-order valence-electron chi connectivity index (χ2n) is 5.61. The van der Waals surface area contributed by atoms with Gasteiger partial charge in [0.1, 0.15) is 0 Å². The van der Waals surface area contributed by atoms with Gasteiger partial charge in [0.15, 0.2) is 0 Å². The van der Waals surface area contributed by atoms with Crippen molar-refractivity contribution in [2.24, 2.45) is 17.6 Å². The van der Waals surface area contributed by atoms with E-state index in [2.05, 4.69) is 6.92 Å². The fourth-order valence-corrected chi connectivity index (χ4v) is 3.39. The third kappa shape index (κ3) is 2.47. The molecule has 1 heterocycles. The summed E-state index contributed by atoms with van der Waals surface area (Å²) in [5.74, 6) is 0.531. The minimum Gasteiger partial charge on any atom is -0.394 e. The van der Waals surface area contributed by atoms with E-state index in [0.29, 0.717) is 5.92 Å². The van der Waals surface area contributed by atoms with Crippen LogP contribution in [0.25, 0.3) is 0 Å². The highest BCUT2D eigenvalue weighted by Crippen LogP contribution is 2.32. The summed E-state index contributed by atoms with van der Waals surface area (Å²) in [6.45, 7) is 3.01. The van der Waals surface area contributed by atoms with Gasteiger partial charge in [-0.3, -0.25) is 4.79 Å².